The molecule has 1 fully saturated rings. The molecule has 2 atom stereocenters. The zero-order valence-corrected chi connectivity index (χ0v) is 14.4. The van der Waals surface area contributed by atoms with Crippen LogP contribution < -0.4 is 15.5 Å². The first-order chi connectivity index (χ1) is 12.7. The summed E-state index contributed by atoms with van der Waals surface area (Å²) < 4.78 is 5.72. The summed E-state index contributed by atoms with van der Waals surface area (Å²) >= 11 is 0. The lowest BCUT2D eigenvalue weighted by Gasteiger charge is -2.17. The third kappa shape index (κ3) is 4.40. The molecule has 0 aromatic heterocycles. The van der Waals surface area contributed by atoms with E-state index in [1.54, 1.807) is 29.7 Å². The van der Waals surface area contributed by atoms with E-state index in [4.69, 9.17) is 9.94 Å². The lowest BCUT2D eigenvalue weighted by atomic mass is 9.94. The molecular weight excluding hydrogens is 332 g/mol. The van der Waals surface area contributed by atoms with E-state index in [1.807, 2.05) is 30.3 Å². The Bertz CT molecular complexity index is 746. The highest BCUT2D eigenvalue weighted by atomic mass is 16.5. The molecule has 136 valence electrons. The van der Waals surface area contributed by atoms with Crippen molar-refractivity contribution >= 4 is 17.5 Å². The van der Waals surface area contributed by atoms with Crippen molar-refractivity contribution in [1.29, 1.82) is 0 Å². The third-order valence-corrected chi connectivity index (χ3v) is 4.67. The molecule has 26 heavy (non-hydrogen) atoms. The molecule has 2 aromatic rings. The Balaban J connectivity index is 1.55. The van der Waals surface area contributed by atoms with Gasteiger partial charge in [-0.3, -0.25) is 14.8 Å². The van der Waals surface area contributed by atoms with Gasteiger partial charge in [0, 0.05) is 11.6 Å². The Hall–Kier alpha value is -2.86. The van der Waals surface area contributed by atoms with E-state index in [1.165, 1.54) is 0 Å². The molecule has 3 rings (SSSR count). The van der Waals surface area contributed by atoms with Gasteiger partial charge in [0.25, 0.3) is 0 Å². The molecule has 0 aliphatic heterocycles. The first-order valence-electron chi connectivity index (χ1n) is 8.69. The summed E-state index contributed by atoms with van der Waals surface area (Å²) in [6.07, 6.45) is 2.04. The maximum Gasteiger partial charge on any atom is 0.247 e. The van der Waals surface area contributed by atoms with Gasteiger partial charge in [-0.25, -0.2) is 5.48 Å². The second kappa shape index (κ2) is 8.49. The standard InChI is InChI=1S/C20H22N2O4/c23-19(17-7-4-8-18(17)20(24)22-25)21-15-9-11-16(12-10-15)26-13-14-5-2-1-3-6-14/h1-3,5-6,9-12,17-18,25H,4,7-8,13H2,(H,21,23)(H,22,24)/t17-,18-/m0/s1. The normalized spacial score (nSPS) is 19.0. The van der Waals surface area contributed by atoms with Gasteiger partial charge in [-0.05, 0) is 42.7 Å². The number of amides is 2. The second-order valence-electron chi connectivity index (χ2n) is 6.41. The number of carbonyl (C=O) groups excluding carboxylic acids is 2. The number of carbonyl (C=O) groups is 2. The van der Waals surface area contributed by atoms with Crippen LogP contribution >= 0.6 is 0 Å². The molecule has 0 spiro atoms. The summed E-state index contributed by atoms with van der Waals surface area (Å²) in [4.78, 5) is 24.1. The van der Waals surface area contributed by atoms with E-state index in [0.29, 0.717) is 30.9 Å². The fourth-order valence-electron chi connectivity index (χ4n) is 3.28. The predicted octanol–water partition coefficient (Wildman–Crippen LogP) is 3.13. The van der Waals surface area contributed by atoms with E-state index in [2.05, 4.69) is 5.32 Å². The van der Waals surface area contributed by atoms with Gasteiger partial charge in [0.2, 0.25) is 11.8 Å². The zero-order valence-electron chi connectivity index (χ0n) is 14.4. The molecule has 2 aromatic carbocycles. The Kier molecular flexibility index (Phi) is 5.86. The minimum atomic E-state index is -0.493. The highest BCUT2D eigenvalue weighted by Gasteiger charge is 2.37. The summed E-state index contributed by atoms with van der Waals surface area (Å²) in [6, 6.07) is 17.0. The quantitative estimate of drug-likeness (QED) is 0.549. The number of hydrogen-bond acceptors (Lipinski definition) is 4. The first kappa shape index (κ1) is 17.9. The molecule has 0 unspecified atom stereocenters. The van der Waals surface area contributed by atoms with Crippen LogP contribution in [-0.2, 0) is 16.2 Å². The van der Waals surface area contributed by atoms with Crippen molar-refractivity contribution in [2.75, 3.05) is 5.32 Å². The molecule has 0 heterocycles. The van der Waals surface area contributed by atoms with Crippen LogP contribution in [0.4, 0.5) is 5.69 Å². The Labute approximate surface area is 152 Å². The molecule has 6 heteroatoms. The van der Waals surface area contributed by atoms with Crippen molar-refractivity contribution in [1.82, 2.24) is 5.48 Å². The molecule has 1 saturated carbocycles. The van der Waals surface area contributed by atoms with Gasteiger partial charge < -0.3 is 10.1 Å². The van der Waals surface area contributed by atoms with Crippen molar-refractivity contribution in [3.8, 4) is 5.75 Å². The molecule has 0 radical (unpaired) electrons. The molecule has 2 amide bonds. The lowest BCUT2D eigenvalue weighted by molar-refractivity contribution is -0.137. The minimum absolute atomic E-state index is 0.200. The fourth-order valence-corrected chi connectivity index (χ4v) is 3.28. The molecule has 1 aliphatic rings. The summed E-state index contributed by atoms with van der Waals surface area (Å²) in [5, 5.41) is 11.6. The molecule has 0 saturated heterocycles. The fraction of sp³-hybridized carbons (Fsp3) is 0.300. The van der Waals surface area contributed by atoms with E-state index >= 15 is 0 Å². The maximum absolute atomic E-state index is 12.4. The van der Waals surface area contributed by atoms with Gasteiger partial charge in [0.15, 0.2) is 0 Å². The summed E-state index contributed by atoms with van der Waals surface area (Å²) in [7, 11) is 0. The van der Waals surface area contributed by atoms with Crippen molar-refractivity contribution in [3.63, 3.8) is 0 Å². The largest absolute Gasteiger partial charge is 0.489 e. The topological polar surface area (TPSA) is 87.7 Å². The number of benzene rings is 2. The van der Waals surface area contributed by atoms with Gasteiger partial charge in [0.05, 0.1) is 5.92 Å². The SMILES string of the molecule is O=C(NO)[C@H]1CCC[C@@H]1C(=O)Nc1ccc(OCc2ccccc2)cc1. The average molecular weight is 354 g/mol. The van der Waals surface area contributed by atoms with Crippen LogP contribution in [0, 0.1) is 11.8 Å². The Morgan fingerprint density at radius 1 is 0.962 bits per heavy atom. The van der Waals surface area contributed by atoms with Crippen molar-refractivity contribution in [2.45, 2.75) is 25.9 Å². The third-order valence-electron chi connectivity index (χ3n) is 4.67. The highest BCUT2D eigenvalue weighted by Crippen LogP contribution is 2.33. The van der Waals surface area contributed by atoms with E-state index in [0.717, 1.165) is 12.0 Å². The zero-order chi connectivity index (χ0) is 18.4. The van der Waals surface area contributed by atoms with Crippen molar-refractivity contribution in [2.24, 2.45) is 11.8 Å². The molecule has 3 N–H and O–H groups in total. The van der Waals surface area contributed by atoms with Gasteiger partial charge >= 0.3 is 0 Å². The monoisotopic (exact) mass is 354 g/mol. The summed E-state index contributed by atoms with van der Waals surface area (Å²) in [5.41, 5.74) is 3.39. The number of nitrogens with one attached hydrogen (secondary N) is 2. The number of anilines is 1. The number of hydroxylamine groups is 1. The minimum Gasteiger partial charge on any atom is -0.489 e. The Morgan fingerprint density at radius 3 is 2.27 bits per heavy atom. The molecule has 1 aliphatic carbocycles. The van der Waals surface area contributed by atoms with E-state index in [9.17, 15) is 9.59 Å². The maximum atomic E-state index is 12.4. The van der Waals surface area contributed by atoms with Gasteiger partial charge in [-0.2, -0.15) is 0 Å². The summed E-state index contributed by atoms with van der Waals surface area (Å²) in [5.74, 6) is -0.878. The van der Waals surface area contributed by atoms with Gasteiger partial charge in [0.1, 0.15) is 12.4 Å². The van der Waals surface area contributed by atoms with Crippen molar-refractivity contribution < 1.29 is 19.5 Å². The number of hydrogen-bond donors (Lipinski definition) is 3. The lowest BCUT2D eigenvalue weighted by Crippen LogP contribution is -2.35. The number of rotatable bonds is 6. The molecule has 6 nitrogen and oxygen atoms in total. The van der Waals surface area contributed by atoms with Gasteiger partial charge in [-0.1, -0.05) is 36.8 Å². The smallest absolute Gasteiger partial charge is 0.247 e. The number of ether oxygens (including phenoxy) is 1. The van der Waals surface area contributed by atoms with Crippen molar-refractivity contribution in [3.05, 3.63) is 60.2 Å². The van der Waals surface area contributed by atoms with Crippen LogP contribution in [-0.4, -0.2) is 17.0 Å². The average Bonchev–Trinajstić information content (AvgIpc) is 3.18. The van der Waals surface area contributed by atoms with Gasteiger partial charge in [-0.15, -0.1) is 0 Å². The predicted molar refractivity (Wildman–Crippen MR) is 96.6 cm³/mol. The van der Waals surface area contributed by atoms with E-state index < -0.39 is 17.7 Å². The molecular formula is C20H22N2O4. The van der Waals surface area contributed by atoms with Crippen LogP contribution in [0.2, 0.25) is 0 Å². The highest BCUT2D eigenvalue weighted by molar-refractivity contribution is 5.96. The van der Waals surface area contributed by atoms with Crippen LogP contribution in [0.15, 0.2) is 54.6 Å². The van der Waals surface area contributed by atoms with Crippen LogP contribution in [0.1, 0.15) is 24.8 Å². The van der Waals surface area contributed by atoms with Crippen LogP contribution in [0.3, 0.4) is 0 Å². The second-order valence-corrected chi connectivity index (χ2v) is 6.41. The summed E-state index contributed by atoms with van der Waals surface area (Å²) in [6.45, 7) is 0.479. The first-order valence-corrected chi connectivity index (χ1v) is 8.69. The van der Waals surface area contributed by atoms with E-state index in [-0.39, 0.29) is 5.91 Å². The van der Waals surface area contributed by atoms with Crippen LogP contribution in [0.25, 0.3) is 0 Å². The van der Waals surface area contributed by atoms with Crippen LogP contribution in [0.5, 0.6) is 5.75 Å². The Morgan fingerprint density at radius 2 is 1.62 bits per heavy atom. The molecule has 0 bridgehead atoms.